The molecule has 2 N–H and O–H groups in total. The highest BCUT2D eigenvalue weighted by Gasteiger charge is 2.80. The van der Waals surface area contributed by atoms with Crippen LogP contribution in [0.2, 0.25) is 0 Å². The Morgan fingerprint density at radius 3 is 2.75 bits per heavy atom. The molecule has 0 saturated heterocycles. The van der Waals surface area contributed by atoms with E-state index in [0.717, 1.165) is 12.8 Å². The van der Waals surface area contributed by atoms with E-state index < -0.39 is 23.0 Å². The molecule has 0 bridgehead atoms. The summed E-state index contributed by atoms with van der Waals surface area (Å²) in [6.07, 6.45) is 2.61. The van der Waals surface area contributed by atoms with Crippen molar-refractivity contribution < 1.29 is 23.8 Å². The van der Waals surface area contributed by atoms with Gasteiger partial charge in [-0.15, -0.1) is 0 Å². The summed E-state index contributed by atoms with van der Waals surface area (Å²) in [6, 6.07) is 8.73. The quantitative estimate of drug-likeness (QED) is 0.617. The van der Waals surface area contributed by atoms with E-state index in [-0.39, 0.29) is 29.4 Å². The molecule has 144 valence electrons. The van der Waals surface area contributed by atoms with Gasteiger partial charge in [0, 0.05) is 11.1 Å². The molecule has 28 heavy (non-hydrogen) atoms. The molecule has 7 heteroatoms. The molecule has 2 aliphatic heterocycles. The second-order valence-electron chi connectivity index (χ2n) is 7.07. The molecule has 0 spiro atoms. The molecule has 0 saturated carbocycles. The highest BCUT2D eigenvalue weighted by molar-refractivity contribution is 6.16. The van der Waals surface area contributed by atoms with Gasteiger partial charge in [0.25, 0.3) is 0 Å². The molecule has 2 heterocycles. The number of fused-ring (bicyclic) bond motifs is 1. The molecule has 7 nitrogen and oxygen atoms in total. The summed E-state index contributed by atoms with van der Waals surface area (Å²) in [5.74, 6) is -2.84. The van der Waals surface area contributed by atoms with Crippen LogP contribution in [0.4, 0.5) is 0 Å². The normalized spacial score (nSPS) is 27.0. The van der Waals surface area contributed by atoms with Crippen molar-refractivity contribution in [1.82, 2.24) is 0 Å². The second kappa shape index (κ2) is 6.13. The van der Waals surface area contributed by atoms with Crippen LogP contribution in [-0.4, -0.2) is 18.4 Å². The van der Waals surface area contributed by atoms with E-state index in [2.05, 4.69) is 0 Å². The van der Waals surface area contributed by atoms with Gasteiger partial charge in [-0.25, -0.2) is 4.79 Å². The van der Waals surface area contributed by atoms with Crippen LogP contribution in [0.15, 0.2) is 47.1 Å². The lowest BCUT2D eigenvalue weighted by Gasteiger charge is -2.31. The molecule has 4 rings (SSSR count). The summed E-state index contributed by atoms with van der Waals surface area (Å²) in [6.45, 7) is 3.83. The third-order valence-electron chi connectivity index (χ3n) is 5.56. The van der Waals surface area contributed by atoms with E-state index in [1.54, 1.807) is 31.2 Å². The van der Waals surface area contributed by atoms with Crippen molar-refractivity contribution in [3.05, 3.63) is 58.2 Å². The fraction of sp³-hybridized carbons (Fsp3) is 0.381. The number of Topliss-reactive ketones (excluding diaryl/α,β-unsaturated/α-hetero) is 1. The molecule has 0 fully saturated rings. The zero-order valence-corrected chi connectivity index (χ0v) is 15.7. The average molecular weight is 380 g/mol. The number of unbranched alkanes of at least 4 members (excludes halogenated alkanes) is 2. The van der Waals surface area contributed by atoms with Crippen LogP contribution >= 0.6 is 0 Å². The number of carbonyl (C=O) groups excluding carboxylic acids is 2. The Bertz CT molecular complexity index is 1000. The number of esters is 1. The van der Waals surface area contributed by atoms with Gasteiger partial charge in [-0.2, -0.15) is 5.26 Å². The number of hydrogen-bond acceptors (Lipinski definition) is 7. The lowest BCUT2D eigenvalue weighted by molar-refractivity contribution is -0.199. The molecule has 0 unspecified atom stereocenters. The first-order chi connectivity index (χ1) is 13.5. The molecule has 1 aromatic carbocycles. The second-order valence-corrected chi connectivity index (χ2v) is 7.07. The Hall–Kier alpha value is -3.27. The van der Waals surface area contributed by atoms with E-state index in [9.17, 15) is 14.9 Å². The Morgan fingerprint density at radius 1 is 1.29 bits per heavy atom. The maximum Gasteiger partial charge on any atom is 0.339 e. The van der Waals surface area contributed by atoms with E-state index in [1.807, 2.05) is 13.0 Å². The zero-order valence-electron chi connectivity index (χ0n) is 15.7. The number of nitrogens with two attached hydrogens (primary N) is 1. The molecule has 0 aromatic heterocycles. The minimum absolute atomic E-state index is 0.0119. The molecule has 1 aromatic rings. The molecule has 0 radical (unpaired) electrons. The van der Waals surface area contributed by atoms with E-state index in [4.69, 9.17) is 19.9 Å². The van der Waals surface area contributed by atoms with E-state index in [0.29, 0.717) is 17.5 Å². The fourth-order valence-corrected chi connectivity index (χ4v) is 4.43. The van der Waals surface area contributed by atoms with Gasteiger partial charge in [0.05, 0.1) is 6.61 Å². The topological polar surface area (TPSA) is 112 Å². The lowest BCUT2D eigenvalue weighted by atomic mass is 9.69. The van der Waals surface area contributed by atoms with Gasteiger partial charge in [0.1, 0.15) is 23.0 Å². The van der Waals surface area contributed by atoms with Crippen LogP contribution in [0, 0.1) is 16.7 Å². The van der Waals surface area contributed by atoms with Crippen molar-refractivity contribution in [3.63, 3.8) is 0 Å². The van der Waals surface area contributed by atoms with Crippen LogP contribution in [0.25, 0.3) is 0 Å². The van der Waals surface area contributed by atoms with Crippen LogP contribution in [-0.2, 0) is 24.8 Å². The largest absolute Gasteiger partial charge is 0.462 e. The first-order valence-electron chi connectivity index (χ1n) is 9.26. The van der Waals surface area contributed by atoms with Crippen LogP contribution < -0.4 is 5.73 Å². The van der Waals surface area contributed by atoms with Crippen molar-refractivity contribution in [2.45, 2.75) is 38.9 Å². The number of ether oxygens (including phenoxy) is 3. The Balaban J connectivity index is 1.87. The predicted molar refractivity (Wildman–Crippen MR) is 97.1 cm³/mol. The van der Waals surface area contributed by atoms with Gasteiger partial charge in [0.15, 0.2) is 11.2 Å². The summed E-state index contributed by atoms with van der Waals surface area (Å²) >= 11 is 0. The van der Waals surface area contributed by atoms with Gasteiger partial charge in [-0.3, -0.25) is 4.79 Å². The van der Waals surface area contributed by atoms with Crippen molar-refractivity contribution in [1.29, 1.82) is 5.26 Å². The summed E-state index contributed by atoms with van der Waals surface area (Å²) in [7, 11) is 0. The fourth-order valence-electron chi connectivity index (χ4n) is 4.43. The number of hydrogen-bond donors (Lipinski definition) is 1. The first kappa shape index (κ1) is 18.1. The number of benzene rings is 1. The number of allylic oxidation sites excluding steroid dienone is 1. The first-order valence-corrected chi connectivity index (χ1v) is 9.26. The number of rotatable bonds is 5. The smallest absolute Gasteiger partial charge is 0.339 e. The third-order valence-corrected chi connectivity index (χ3v) is 5.56. The van der Waals surface area contributed by atoms with Crippen LogP contribution in [0.3, 0.4) is 0 Å². The van der Waals surface area contributed by atoms with Gasteiger partial charge in [-0.1, -0.05) is 44.0 Å². The molecule has 2 atom stereocenters. The van der Waals surface area contributed by atoms with Gasteiger partial charge in [0.2, 0.25) is 5.88 Å². The standard InChI is InChI=1S/C21H20N2O5/c1-3-4-7-10-26-19(25)16-12(2)27-21-14-9-6-5-8-13(14)17(24)20(16,21)15(11-22)18(23)28-21/h5-6,8-9H,3-4,7,10,23H2,1-2H3/t20-,21-/m1/s1. The summed E-state index contributed by atoms with van der Waals surface area (Å²) in [5, 5.41) is 9.80. The highest BCUT2D eigenvalue weighted by atomic mass is 16.7. The van der Waals surface area contributed by atoms with Gasteiger partial charge in [-0.05, 0) is 13.3 Å². The lowest BCUT2D eigenvalue weighted by Crippen LogP contribution is -2.45. The monoisotopic (exact) mass is 380 g/mol. The third kappa shape index (κ3) is 1.92. The Labute approximate surface area is 162 Å². The highest BCUT2D eigenvalue weighted by Crippen LogP contribution is 2.69. The van der Waals surface area contributed by atoms with Crippen molar-refractivity contribution in [2.75, 3.05) is 6.61 Å². The SMILES string of the molecule is CCCCCOC(=O)C1=C(C)O[C@]23OC(N)=C(C#N)[C@]12C(=O)c1ccccc13. The van der Waals surface area contributed by atoms with Crippen molar-refractivity contribution >= 4 is 11.8 Å². The number of ketones is 1. The van der Waals surface area contributed by atoms with Crippen molar-refractivity contribution in [3.8, 4) is 6.07 Å². The minimum atomic E-state index is -1.78. The summed E-state index contributed by atoms with van der Waals surface area (Å²) in [4.78, 5) is 26.6. The molecule has 1 aliphatic carbocycles. The van der Waals surface area contributed by atoms with Crippen molar-refractivity contribution in [2.24, 2.45) is 11.1 Å². The maximum absolute atomic E-state index is 13.6. The zero-order chi connectivity index (χ0) is 20.1. The summed E-state index contributed by atoms with van der Waals surface area (Å²) < 4.78 is 17.3. The molecular formula is C21H20N2O5. The van der Waals surface area contributed by atoms with Gasteiger partial charge < -0.3 is 19.9 Å². The Kier molecular flexibility index (Phi) is 3.96. The Morgan fingerprint density at radius 2 is 2.04 bits per heavy atom. The maximum atomic E-state index is 13.6. The van der Waals surface area contributed by atoms with Crippen LogP contribution in [0.1, 0.15) is 49.0 Å². The van der Waals surface area contributed by atoms with Gasteiger partial charge >= 0.3 is 11.8 Å². The number of nitrogens with zero attached hydrogens (tertiary/aromatic N) is 1. The van der Waals surface area contributed by atoms with E-state index >= 15 is 0 Å². The number of carbonyl (C=O) groups is 2. The summed E-state index contributed by atoms with van der Waals surface area (Å²) in [5.41, 5.74) is 4.83. The predicted octanol–water partition coefficient (Wildman–Crippen LogP) is 2.78. The van der Waals surface area contributed by atoms with E-state index in [1.165, 1.54) is 0 Å². The molecular weight excluding hydrogens is 360 g/mol. The minimum Gasteiger partial charge on any atom is -0.462 e. The van der Waals surface area contributed by atoms with Crippen LogP contribution in [0.5, 0.6) is 0 Å². The number of nitriles is 1. The average Bonchev–Trinajstić information content (AvgIpc) is 3.15. The molecule has 3 aliphatic rings. The molecule has 0 amide bonds.